The normalized spacial score (nSPS) is 12.1. The molecule has 0 heterocycles. The van der Waals surface area contributed by atoms with Crippen molar-refractivity contribution < 1.29 is 24.5 Å². The highest BCUT2D eigenvalue weighted by Gasteiger charge is 2.17. The van der Waals surface area contributed by atoms with Gasteiger partial charge in [-0.2, -0.15) is 0 Å². The third-order valence-electron chi connectivity index (χ3n) is 2.84. The molecular weight excluding hydrogens is 274 g/mol. The zero-order valence-corrected chi connectivity index (χ0v) is 12.2. The van der Waals surface area contributed by atoms with Gasteiger partial charge in [-0.25, -0.2) is 4.79 Å². The first-order valence-electron chi connectivity index (χ1n) is 6.78. The monoisotopic (exact) mass is 295 g/mol. The van der Waals surface area contributed by atoms with Gasteiger partial charge in [0.25, 0.3) is 0 Å². The summed E-state index contributed by atoms with van der Waals surface area (Å²) < 4.78 is 5.02. The zero-order valence-electron chi connectivity index (χ0n) is 12.2. The van der Waals surface area contributed by atoms with Gasteiger partial charge in [-0.15, -0.1) is 0 Å². The van der Waals surface area contributed by atoms with Crippen molar-refractivity contribution in [1.29, 1.82) is 0 Å². The predicted molar refractivity (Wildman–Crippen MR) is 77.3 cm³/mol. The maximum Gasteiger partial charge on any atom is 0.341 e. The van der Waals surface area contributed by atoms with Gasteiger partial charge < -0.3 is 20.3 Å². The molecule has 0 aromatic heterocycles. The van der Waals surface area contributed by atoms with E-state index in [1.54, 1.807) is 24.3 Å². The number of carboxylic acids is 2. The molecule has 0 saturated carbocycles. The molecule has 6 heteroatoms. The predicted octanol–water partition coefficient (Wildman–Crippen LogP) is 1.74. The lowest BCUT2D eigenvalue weighted by molar-refractivity contribution is -0.140. The maximum absolute atomic E-state index is 11.1. The molecule has 6 nitrogen and oxygen atoms in total. The Hall–Kier alpha value is -2.08. The van der Waals surface area contributed by atoms with Crippen LogP contribution in [0, 0.1) is 5.92 Å². The minimum atomic E-state index is -1.03. The molecule has 21 heavy (non-hydrogen) atoms. The van der Waals surface area contributed by atoms with Crippen LogP contribution in [0.3, 0.4) is 0 Å². The molecule has 0 amide bonds. The molecule has 0 saturated heterocycles. The zero-order chi connectivity index (χ0) is 15.8. The van der Waals surface area contributed by atoms with E-state index < -0.39 is 18.0 Å². The molecule has 116 valence electrons. The summed E-state index contributed by atoms with van der Waals surface area (Å²) in [7, 11) is 0. The Balaban J connectivity index is 2.50. The van der Waals surface area contributed by atoms with E-state index in [1.807, 2.05) is 13.8 Å². The summed E-state index contributed by atoms with van der Waals surface area (Å²) in [5.74, 6) is -1.12. The van der Waals surface area contributed by atoms with Crippen LogP contribution in [-0.2, 0) is 16.1 Å². The van der Waals surface area contributed by atoms with Gasteiger partial charge in [-0.05, 0) is 30.0 Å². The van der Waals surface area contributed by atoms with Crippen molar-refractivity contribution in [2.24, 2.45) is 5.92 Å². The van der Waals surface area contributed by atoms with Gasteiger partial charge in [0.2, 0.25) is 0 Å². The molecule has 3 N–H and O–H groups in total. The van der Waals surface area contributed by atoms with E-state index in [4.69, 9.17) is 14.9 Å². The van der Waals surface area contributed by atoms with Crippen LogP contribution in [0.2, 0.25) is 0 Å². The molecule has 1 rings (SSSR count). The van der Waals surface area contributed by atoms with Crippen molar-refractivity contribution in [1.82, 2.24) is 5.32 Å². The minimum absolute atomic E-state index is 0.297. The molecular formula is C15H21NO5. The quantitative estimate of drug-likeness (QED) is 0.642. The van der Waals surface area contributed by atoms with Crippen LogP contribution in [0.5, 0.6) is 5.75 Å². The number of benzene rings is 1. The molecule has 0 radical (unpaired) electrons. The number of hydrogen-bond donors (Lipinski definition) is 3. The largest absolute Gasteiger partial charge is 0.482 e. The Kier molecular flexibility index (Phi) is 6.68. The van der Waals surface area contributed by atoms with Gasteiger partial charge in [-0.3, -0.25) is 4.79 Å². The summed E-state index contributed by atoms with van der Waals surface area (Å²) >= 11 is 0. The van der Waals surface area contributed by atoms with Crippen LogP contribution in [0.25, 0.3) is 0 Å². The summed E-state index contributed by atoms with van der Waals surface area (Å²) in [6, 6.07) is 6.31. The second kappa shape index (κ2) is 8.26. The molecule has 1 aromatic carbocycles. The number of aliphatic carboxylic acids is 2. The third-order valence-corrected chi connectivity index (χ3v) is 2.84. The average Bonchev–Trinajstić information content (AvgIpc) is 2.41. The Morgan fingerprint density at radius 3 is 2.29 bits per heavy atom. The number of hydrogen-bond acceptors (Lipinski definition) is 4. The van der Waals surface area contributed by atoms with E-state index in [1.165, 1.54) is 0 Å². The van der Waals surface area contributed by atoms with Crippen molar-refractivity contribution in [3.63, 3.8) is 0 Å². The lowest BCUT2D eigenvalue weighted by Crippen LogP contribution is -2.37. The number of rotatable bonds is 9. The highest BCUT2D eigenvalue weighted by molar-refractivity contribution is 5.73. The second-order valence-corrected chi connectivity index (χ2v) is 5.23. The number of carboxylic acid groups (broad SMARTS) is 2. The molecule has 0 aliphatic heterocycles. The van der Waals surface area contributed by atoms with Gasteiger partial charge in [0.1, 0.15) is 11.8 Å². The van der Waals surface area contributed by atoms with Crippen LogP contribution in [-0.4, -0.2) is 34.8 Å². The summed E-state index contributed by atoms with van der Waals surface area (Å²) in [6.07, 6.45) is 0.565. The standard InChI is InChI=1S/C15H21NO5/c1-10(2)7-13(15(19)20)16-8-11-3-5-12(6-4-11)21-9-14(17)18/h3-6,10,13,16H,7-9H2,1-2H3,(H,17,18)(H,19,20). The summed E-state index contributed by atoms with van der Waals surface area (Å²) in [4.78, 5) is 21.5. The molecule has 1 aromatic rings. The molecule has 0 aliphatic carbocycles. The van der Waals surface area contributed by atoms with Crippen molar-refractivity contribution in [2.75, 3.05) is 6.61 Å². The van der Waals surface area contributed by atoms with Crippen molar-refractivity contribution >= 4 is 11.9 Å². The molecule has 0 spiro atoms. The van der Waals surface area contributed by atoms with Gasteiger partial charge >= 0.3 is 11.9 Å². The summed E-state index contributed by atoms with van der Waals surface area (Å²) in [6.45, 7) is 4.01. The number of ether oxygens (including phenoxy) is 1. The SMILES string of the molecule is CC(C)CC(NCc1ccc(OCC(=O)O)cc1)C(=O)O. The van der Waals surface area contributed by atoms with Gasteiger partial charge in [0.15, 0.2) is 6.61 Å². The fourth-order valence-electron chi connectivity index (χ4n) is 1.83. The van der Waals surface area contributed by atoms with E-state index in [9.17, 15) is 9.59 Å². The van der Waals surface area contributed by atoms with E-state index in [0.717, 1.165) is 5.56 Å². The van der Waals surface area contributed by atoms with Gasteiger partial charge in [-0.1, -0.05) is 26.0 Å². The Morgan fingerprint density at radius 1 is 1.19 bits per heavy atom. The minimum Gasteiger partial charge on any atom is -0.482 e. The van der Waals surface area contributed by atoms with E-state index in [0.29, 0.717) is 24.6 Å². The smallest absolute Gasteiger partial charge is 0.341 e. The Bertz CT molecular complexity index is 469. The van der Waals surface area contributed by atoms with Gasteiger partial charge in [0, 0.05) is 6.54 Å². The number of carbonyl (C=O) groups is 2. The highest BCUT2D eigenvalue weighted by Crippen LogP contribution is 2.13. The van der Waals surface area contributed by atoms with E-state index in [2.05, 4.69) is 5.32 Å². The number of nitrogens with one attached hydrogen (secondary N) is 1. The van der Waals surface area contributed by atoms with E-state index >= 15 is 0 Å². The van der Waals surface area contributed by atoms with Crippen molar-refractivity contribution in [2.45, 2.75) is 32.9 Å². The molecule has 0 fully saturated rings. The van der Waals surface area contributed by atoms with Crippen molar-refractivity contribution in [3.8, 4) is 5.75 Å². The molecule has 0 bridgehead atoms. The Labute approximate surface area is 123 Å². The van der Waals surface area contributed by atoms with Crippen LogP contribution in [0.1, 0.15) is 25.8 Å². The topological polar surface area (TPSA) is 95.9 Å². The first-order chi connectivity index (χ1) is 9.88. The van der Waals surface area contributed by atoms with Crippen molar-refractivity contribution in [3.05, 3.63) is 29.8 Å². The fraction of sp³-hybridized carbons (Fsp3) is 0.467. The molecule has 0 aliphatic rings. The summed E-state index contributed by atoms with van der Waals surface area (Å²) in [5.41, 5.74) is 0.910. The molecule has 1 unspecified atom stereocenters. The average molecular weight is 295 g/mol. The lowest BCUT2D eigenvalue weighted by atomic mass is 10.0. The van der Waals surface area contributed by atoms with Crippen LogP contribution in [0.15, 0.2) is 24.3 Å². The van der Waals surface area contributed by atoms with Crippen LogP contribution >= 0.6 is 0 Å². The fourth-order valence-corrected chi connectivity index (χ4v) is 1.83. The van der Waals surface area contributed by atoms with Gasteiger partial charge in [0.05, 0.1) is 0 Å². The second-order valence-electron chi connectivity index (χ2n) is 5.23. The van der Waals surface area contributed by atoms with Crippen LogP contribution in [0.4, 0.5) is 0 Å². The first kappa shape index (κ1) is 17.0. The third kappa shape index (κ3) is 6.76. The molecule has 1 atom stereocenters. The van der Waals surface area contributed by atoms with Crippen LogP contribution < -0.4 is 10.1 Å². The summed E-state index contributed by atoms with van der Waals surface area (Å²) in [5, 5.41) is 20.6. The van der Waals surface area contributed by atoms with E-state index in [-0.39, 0.29) is 6.61 Å². The first-order valence-corrected chi connectivity index (χ1v) is 6.78. The Morgan fingerprint density at radius 2 is 1.81 bits per heavy atom. The highest BCUT2D eigenvalue weighted by atomic mass is 16.5. The maximum atomic E-state index is 11.1. The lowest BCUT2D eigenvalue weighted by Gasteiger charge is -2.16.